The van der Waals surface area contributed by atoms with Crippen molar-refractivity contribution < 1.29 is 23.8 Å². The largest absolute Gasteiger partial charge is 0.436 e. The van der Waals surface area contributed by atoms with Gasteiger partial charge in [0.2, 0.25) is 6.29 Å². The van der Waals surface area contributed by atoms with E-state index in [0.29, 0.717) is 23.7 Å². The topological polar surface area (TPSA) is 61.8 Å². The molecule has 0 aromatic carbocycles. The van der Waals surface area contributed by atoms with Crippen LogP contribution in [0.2, 0.25) is 0 Å². The summed E-state index contributed by atoms with van der Waals surface area (Å²) in [5, 5.41) is 0. The van der Waals surface area contributed by atoms with Crippen molar-refractivity contribution in [2.24, 2.45) is 22.7 Å². The van der Waals surface area contributed by atoms with E-state index in [9.17, 15) is 9.59 Å². The fraction of sp³-hybridized carbons (Fsp3) is 0.750. The molecule has 5 heteroatoms. The van der Waals surface area contributed by atoms with E-state index < -0.39 is 6.29 Å². The van der Waals surface area contributed by atoms with Crippen molar-refractivity contribution in [2.45, 2.75) is 92.0 Å². The minimum absolute atomic E-state index is 0.187. The average molecular weight is 405 g/mol. The maximum Gasteiger partial charge on any atom is 0.307 e. The molecule has 29 heavy (non-hydrogen) atoms. The van der Waals surface area contributed by atoms with Gasteiger partial charge in [-0.3, -0.25) is 9.59 Å². The minimum Gasteiger partial charge on any atom is -0.436 e. The number of carbonyl (C=O) groups excluding carboxylic acids is 2. The van der Waals surface area contributed by atoms with Crippen LogP contribution in [0.15, 0.2) is 24.0 Å². The van der Waals surface area contributed by atoms with Crippen LogP contribution in [0.5, 0.6) is 0 Å². The summed E-state index contributed by atoms with van der Waals surface area (Å²) in [5.74, 6) is 0.259. The third kappa shape index (κ3) is 4.60. The monoisotopic (exact) mass is 404 g/mol. The number of hydrogen-bond acceptors (Lipinski definition) is 5. The number of ether oxygens (including phenoxy) is 3. The summed E-state index contributed by atoms with van der Waals surface area (Å²) in [5.41, 5.74) is 2.69. The highest BCUT2D eigenvalue weighted by atomic mass is 16.7. The summed E-state index contributed by atoms with van der Waals surface area (Å²) in [6, 6.07) is 0. The molecule has 0 spiro atoms. The van der Waals surface area contributed by atoms with Crippen LogP contribution in [-0.4, -0.2) is 24.3 Å². The van der Waals surface area contributed by atoms with Crippen LogP contribution in [-0.2, 0) is 23.8 Å². The number of allylic oxidation sites excluding steroid dienone is 1. The fourth-order valence-electron chi connectivity index (χ4n) is 6.31. The van der Waals surface area contributed by atoms with Crippen LogP contribution in [0.3, 0.4) is 0 Å². The van der Waals surface area contributed by atoms with Crippen molar-refractivity contribution in [3.05, 3.63) is 24.0 Å². The summed E-state index contributed by atoms with van der Waals surface area (Å²) in [4.78, 5) is 22.7. The number of carbonyl (C=O) groups is 2. The summed E-state index contributed by atoms with van der Waals surface area (Å²) < 4.78 is 16.5. The van der Waals surface area contributed by atoms with E-state index in [1.165, 1.54) is 51.4 Å². The molecule has 3 rings (SSSR count). The Kier molecular flexibility index (Phi) is 6.28. The average Bonchev–Trinajstić information content (AvgIpc) is 2.96. The van der Waals surface area contributed by atoms with Crippen molar-refractivity contribution >= 4 is 11.9 Å². The Morgan fingerprint density at radius 2 is 1.93 bits per heavy atom. The summed E-state index contributed by atoms with van der Waals surface area (Å²) in [7, 11) is 0. The van der Waals surface area contributed by atoms with Crippen molar-refractivity contribution in [3.63, 3.8) is 0 Å². The van der Waals surface area contributed by atoms with Gasteiger partial charge in [0.1, 0.15) is 0 Å². The number of esters is 2. The van der Waals surface area contributed by atoms with E-state index >= 15 is 0 Å². The Hall–Kier alpha value is -1.62. The van der Waals surface area contributed by atoms with Crippen molar-refractivity contribution in [1.82, 2.24) is 0 Å². The van der Waals surface area contributed by atoms with Crippen LogP contribution in [0, 0.1) is 22.7 Å². The zero-order valence-electron chi connectivity index (χ0n) is 18.6. The smallest absolute Gasteiger partial charge is 0.307 e. The van der Waals surface area contributed by atoms with Gasteiger partial charge in [-0.2, -0.15) is 0 Å². The van der Waals surface area contributed by atoms with Crippen LogP contribution < -0.4 is 0 Å². The Labute approximate surface area is 174 Å². The van der Waals surface area contributed by atoms with E-state index in [0.717, 1.165) is 18.4 Å². The molecule has 5 atom stereocenters. The normalized spacial score (nSPS) is 37.8. The Morgan fingerprint density at radius 3 is 2.59 bits per heavy atom. The third-order valence-corrected chi connectivity index (χ3v) is 7.57. The highest BCUT2D eigenvalue weighted by Gasteiger charge is 2.53. The fourth-order valence-corrected chi connectivity index (χ4v) is 6.31. The van der Waals surface area contributed by atoms with Gasteiger partial charge in [0.25, 0.3) is 0 Å². The number of fused-ring (bicyclic) bond motifs is 1. The molecule has 0 bridgehead atoms. The predicted molar refractivity (Wildman–Crippen MR) is 111 cm³/mol. The maximum atomic E-state index is 11.4. The van der Waals surface area contributed by atoms with E-state index in [2.05, 4.69) is 27.4 Å². The van der Waals surface area contributed by atoms with Crippen LogP contribution in [0.4, 0.5) is 0 Å². The van der Waals surface area contributed by atoms with Crippen LogP contribution >= 0.6 is 0 Å². The molecule has 2 aliphatic carbocycles. The minimum atomic E-state index is -0.623. The highest BCUT2D eigenvalue weighted by Crippen LogP contribution is 2.62. The molecule has 0 unspecified atom stereocenters. The van der Waals surface area contributed by atoms with Crippen molar-refractivity contribution in [3.8, 4) is 0 Å². The molecule has 2 saturated carbocycles. The van der Waals surface area contributed by atoms with Gasteiger partial charge < -0.3 is 14.2 Å². The Bertz CT molecular complexity index is 706. The predicted octanol–water partition coefficient (Wildman–Crippen LogP) is 5.30. The molecular formula is C24H36O5. The lowest BCUT2D eigenvalue weighted by Gasteiger charge is -2.58. The summed E-state index contributed by atoms with van der Waals surface area (Å²) in [6.45, 7) is 14.5. The third-order valence-electron chi connectivity index (χ3n) is 7.57. The molecule has 1 aliphatic heterocycles. The lowest BCUT2D eigenvalue weighted by atomic mass is 9.47. The van der Waals surface area contributed by atoms with Crippen molar-refractivity contribution in [2.75, 3.05) is 0 Å². The molecule has 0 amide bonds. The second kappa shape index (κ2) is 8.25. The maximum absolute atomic E-state index is 11.4. The molecule has 3 aliphatic rings. The molecule has 1 saturated heterocycles. The second-order valence-corrected chi connectivity index (χ2v) is 10.1. The lowest BCUT2D eigenvalue weighted by Crippen LogP contribution is -2.50. The van der Waals surface area contributed by atoms with Gasteiger partial charge in [-0.25, -0.2) is 0 Å². The molecule has 1 heterocycles. The van der Waals surface area contributed by atoms with E-state index in [4.69, 9.17) is 14.2 Å². The first-order valence-electron chi connectivity index (χ1n) is 10.9. The molecule has 0 aromatic rings. The standard InChI is InChI=1S/C24H36O5/c1-15-8-9-21-23(4,5)10-7-11-24(21,6)19(15)13-20-18(14-27-16(2)25)12-22(29-20)28-17(3)26/h14,19-22H,1,7-13H2,2-6H3/b18-14+/t19-,20-,21+,22+,24+/m0/s1. The first-order valence-corrected chi connectivity index (χ1v) is 10.9. The van der Waals surface area contributed by atoms with E-state index in [-0.39, 0.29) is 23.5 Å². The van der Waals surface area contributed by atoms with Gasteiger partial charge in [0, 0.05) is 25.8 Å². The van der Waals surface area contributed by atoms with Gasteiger partial charge in [0.05, 0.1) is 12.4 Å². The molecule has 0 aromatic heterocycles. The van der Waals surface area contributed by atoms with Gasteiger partial charge in [0.15, 0.2) is 0 Å². The van der Waals surface area contributed by atoms with E-state index in [1.54, 1.807) is 0 Å². The van der Waals surface area contributed by atoms with E-state index in [1.807, 2.05) is 0 Å². The zero-order valence-corrected chi connectivity index (χ0v) is 18.6. The number of hydrogen-bond donors (Lipinski definition) is 0. The van der Waals surface area contributed by atoms with Gasteiger partial charge >= 0.3 is 11.9 Å². The quantitative estimate of drug-likeness (QED) is 0.361. The number of rotatable bonds is 4. The van der Waals surface area contributed by atoms with Crippen molar-refractivity contribution in [1.29, 1.82) is 0 Å². The molecule has 0 radical (unpaired) electrons. The SMILES string of the molecule is C=C1CC[C@@H]2C(C)(C)CCC[C@]2(C)[C@H]1C[C@@H]1O[C@@H](OC(C)=O)C/C1=C\OC(C)=O. The molecule has 162 valence electrons. The summed E-state index contributed by atoms with van der Waals surface area (Å²) in [6.07, 6.45) is 7.83. The molecule has 3 fully saturated rings. The first kappa shape index (κ1) is 22.1. The molecular weight excluding hydrogens is 368 g/mol. The molecule has 5 nitrogen and oxygen atoms in total. The second-order valence-electron chi connectivity index (χ2n) is 10.1. The lowest BCUT2D eigenvalue weighted by molar-refractivity contribution is -0.174. The highest BCUT2D eigenvalue weighted by molar-refractivity contribution is 5.67. The Balaban J connectivity index is 1.84. The Morgan fingerprint density at radius 1 is 1.21 bits per heavy atom. The first-order chi connectivity index (χ1) is 13.5. The molecule has 0 N–H and O–H groups in total. The van der Waals surface area contributed by atoms with Gasteiger partial charge in [-0.1, -0.05) is 39.3 Å². The van der Waals surface area contributed by atoms with Gasteiger partial charge in [-0.05, 0) is 54.8 Å². The zero-order chi connectivity index (χ0) is 21.4. The van der Waals surface area contributed by atoms with Gasteiger partial charge in [-0.15, -0.1) is 0 Å². The van der Waals surface area contributed by atoms with Crippen LogP contribution in [0.25, 0.3) is 0 Å². The van der Waals surface area contributed by atoms with Crippen LogP contribution in [0.1, 0.15) is 79.6 Å². The summed E-state index contributed by atoms with van der Waals surface area (Å²) >= 11 is 0.